The number of carbonyl (C=O) groups is 2. The van der Waals surface area contributed by atoms with E-state index in [1.54, 1.807) is 24.3 Å². The zero-order chi connectivity index (χ0) is 13.0. The fourth-order valence-corrected chi connectivity index (χ4v) is 1.60. The van der Waals surface area contributed by atoms with Gasteiger partial charge in [0, 0.05) is 11.5 Å². The zero-order valence-electron chi connectivity index (χ0n) is 9.37. The van der Waals surface area contributed by atoms with Crippen molar-refractivity contribution in [3.8, 4) is 0 Å². The van der Waals surface area contributed by atoms with Crippen LogP contribution in [-0.2, 0) is 4.74 Å². The smallest absolute Gasteiger partial charge is 0.346 e. The summed E-state index contributed by atoms with van der Waals surface area (Å²) in [5.41, 5.74) is 9.47. The molecule has 6 nitrogen and oxygen atoms in total. The van der Waals surface area contributed by atoms with Gasteiger partial charge in [0.1, 0.15) is 0 Å². The van der Waals surface area contributed by atoms with Crippen molar-refractivity contribution < 1.29 is 14.3 Å². The lowest BCUT2D eigenvalue weighted by molar-refractivity contribution is 0.0444. The molecule has 0 saturated carbocycles. The van der Waals surface area contributed by atoms with E-state index in [9.17, 15) is 9.59 Å². The third-order valence-corrected chi connectivity index (χ3v) is 2.44. The van der Waals surface area contributed by atoms with Gasteiger partial charge in [-0.15, -0.1) is 0 Å². The Morgan fingerprint density at radius 2 is 2.06 bits per heavy atom. The van der Waals surface area contributed by atoms with Crippen LogP contribution in [0.3, 0.4) is 0 Å². The van der Waals surface area contributed by atoms with Crippen LogP contribution in [0.1, 0.15) is 32.7 Å². The minimum atomic E-state index is -0.612. The fourth-order valence-electron chi connectivity index (χ4n) is 1.60. The number of carbonyl (C=O) groups excluding carboxylic acids is 2. The van der Waals surface area contributed by atoms with E-state index in [0.29, 0.717) is 18.5 Å². The molecule has 18 heavy (non-hydrogen) atoms. The first-order valence-electron chi connectivity index (χ1n) is 5.30. The van der Waals surface area contributed by atoms with Crippen LogP contribution in [0.4, 0.5) is 0 Å². The minimum absolute atomic E-state index is 0.289. The highest BCUT2D eigenvalue weighted by atomic mass is 16.6. The number of esters is 2. The minimum Gasteiger partial charge on any atom is -0.386 e. The monoisotopic (exact) mass is 243 g/mol. The van der Waals surface area contributed by atoms with Crippen molar-refractivity contribution in [2.45, 2.75) is 6.42 Å². The van der Waals surface area contributed by atoms with E-state index >= 15 is 0 Å². The summed E-state index contributed by atoms with van der Waals surface area (Å²) in [6.45, 7) is 0.387. The van der Waals surface area contributed by atoms with Crippen molar-refractivity contribution in [2.75, 3.05) is 6.54 Å². The van der Waals surface area contributed by atoms with E-state index in [4.69, 9.17) is 5.53 Å². The number of rotatable bonds is 4. The SMILES string of the molecule is [N-]=[N+]=NCCC=Cc1ccc2c(c1)C(=O)OC2=O. The average molecular weight is 243 g/mol. The van der Waals surface area contributed by atoms with Gasteiger partial charge in [-0.25, -0.2) is 9.59 Å². The molecule has 0 aliphatic carbocycles. The summed E-state index contributed by atoms with van der Waals surface area (Å²) >= 11 is 0. The first-order chi connectivity index (χ1) is 8.72. The van der Waals surface area contributed by atoms with E-state index in [0.717, 1.165) is 5.56 Å². The maximum atomic E-state index is 11.3. The molecule has 1 aromatic carbocycles. The molecule has 0 saturated heterocycles. The van der Waals surface area contributed by atoms with Gasteiger partial charge in [0.25, 0.3) is 0 Å². The molecular weight excluding hydrogens is 234 g/mol. The highest BCUT2D eigenvalue weighted by molar-refractivity contribution is 6.14. The zero-order valence-corrected chi connectivity index (χ0v) is 9.37. The lowest BCUT2D eigenvalue weighted by atomic mass is 10.1. The molecule has 1 aliphatic rings. The lowest BCUT2D eigenvalue weighted by Gasteiger charge is -1.95. The highest BCUT2D eigenvalue weighted by Gasteiger charge is 2.29. The van der Waals surface area contributed by atoms with Crippen molar-refractivity contribution in [2.24, 2.45) is 5.11 Å². The molecule has 0 aromatic heterocycles. The van der Waals surface area contributed by atoms with Crippen molar-refractivity contribution >= 4 is 18.0 Å². The molecule has 1 aromatic rings. The number of fused-ring (bicyclic) bond motifs is 1. The highest BCUT2D eigenvalue weighted by Crippen LogP contribution is 2.21. The molecule has 0 unspecified atom stereocenters. The van der Waals surface area contributed by atoms with Gasteiger partial charge in [0.2, 0.25) is 0 Å². The number of azide groups is 1. The molecular formula is C12H9N3O3. The predicted octanol–water partition coefficient (Wildman–Crippen LogP) is 2.71. The largest absolute Gasteiger partial charge is 0.386 e. The Labute approximate surface area is 102 Å². The first-order valence-corrected chi connectivity index (χ1v) is 5.30. The summed E-state index contributed by atoms with van der Waals surface area (Å²) in [4.78, 5) is 25.2. The van der Waals surface area contributed by atoms with Gasteiger partial charge in [0.15, 0.2) is 0 Å². The Bertz CT molecular complexity index is 586. The van der Waals surface area contributed by atoms with Crippen LogP contribution in [-0.4, -0.2) is 18.5 Å². The summed E-state index contributed by atoms with van der Waals surface area (Å²) in [6.07, 6.45) is 4.24. The Kier molecular flexibility index (Phi) is 3.41. The van der Waals surface area contributed by atoms with Gasteiger partial charge in [-0.3, -0.25) is 0 Å². The molecule has 1 aliphatic heterocycles. The molecule has 0 spiro atoms. The predicted molar refractivity (Wildman–Crippen MR) is 63.9 cm³/mol. The van der Waals surface area contributed by atoms with Crippen LogP contribution in [0.15, 0.2) is 29.4 Å². The maximum Gasteiger partial charge on any atom is 0.346 e. The molecule has 0 atom stereocenters. The number of cyclic esters (lactones) is 2. The summed E-state index contributed by atoms with van der Waals surface area (Å²) < 4.78 is 4.49. The summed E-state index contributed by atoms with van der Waals surface area (Å²) in [7, 11) is 0. The number of benzene rings is 1. The molecule has 1 heterocycles. The molecule has 0 amide bonds. The fraction of sp³-hybridized carbons (Fsp3) is 0.167. The molecule has 0 radical (unpaired) electrons. The van der Waals surface area contributed by atoms with Gasteiger partial charge in [-0.05, 0) is 29.6 Å². The number of hydrogen-bond donors (Lipinski definition) is 0. The second-order valence-electron chi connectivity index (χ2n) is 3.63. The molecule has 0 N–H and O–H groups in total. The maximum absolute atomic E-state index is 11.3. The van der Waals surface area contributed by atoms with Gasteiger partial charge < -0.3 is 4.74 Å². The van der Waals surface area contributed by atoms with Gasteiger partial charge in [-0.2, -0.15) is 0 Å². The standard InChI is InChI=1S/C12H9N3O3/c13-15-14-6-2-1-3-8-4-5-9-10(7-8)12(17)18-11(9)16/h1,3-5,7H,2,6H2. The molecule has 0 bridgehead atoms. The van der Waals surface area contributed by atoms with Crippen molar-refractivity contribution in [3.63, 3.8) is 0 Å². The van der Waals surface area contributed by atoms with Crippen LogP contribution in [0.2, 0.25) is 0 Å². The Balaban J connectivity index is 2.12. The van der Waals surface area contributed by atoms with E-state index in [1.807, 2.05) is 6.08 Å². The quantitative estimate of drug-likeness (QED) is 0.203. The lowest BCUT2D eigenvalue weighted by Crippen LogP contribution is -1.96. The van der Waals surface area contributed by atoms with Gasteiger partial charge in [-0.1, -0.05) is 23.3 Å². The molecule has 6 heteroatoms. The van der Waals surface area contributed by atoms with Crippen LogP contribution in [0.5, 0.6) is 0 Å². The molecule has 2 rings (SSSR count). The third kappa shape index (κ3) is 2.39. The van der Waals surface area contributed by atoms with E-state index < -0.39 is 11.9 Å². The number of ether oxygens (including phenoxy) is 1. The van der Waals surface area contributed by atoms with Crippen LogP contribution in [0, 0.1) is 0 Å². The number of hydrogen-bond acceptors (Lipinski definition) is 4. The Hall–Kier alpha value is -2.59. The summed E-state index contributed by atoms with van der Waals surface area (Å²) in [6, 6.07) is 4.89. The second-order valence-corrected chi connectivity index (χ2v) is 3.63. The van der Waals surface area contributed by atoms with Gasteiger partial charge in [0.05, 0.1) is 11.1 Å². The third-order valence-electron chi connectivity index (χ3n) is 2.44. The second kappa shape index (κ2) is 5.16. The van der Waals surface area contributed by atoms with Crippen LogP contribution < -0.4 is 0 Å². The van der Waals surface area contributed by atoms with Crippen molar-refractivity contribution in [1.29, 1.82) is 0 Å². The van der Waals surface area contributed by atoms with E-state index in [2.05, 4.69) is 14.8 Å². The van der Waals surface area contributed by atoms with Crippen LogP contribution in [0.25, 0.3) is 16.5 Å². The molecule has 90 valence electrons. The van der Waals surface area contributed by atoms with E-state index in [-0.39, 0.29) is 5.56 Å². The number of nitrogens with zero attached hydrogens (tertiary/aromatic N) is 3. The normalized spacial score (nSPS) is 13.3. The van der Waals surface area contributed by atoms with Crippen LogP contribution >= 0.6 is 0 Å². The van der Waals surface area contributed by atoms with E-state index in [1.165, 1.54) is 0 Å². The molecule has 0 fully saturated rings. The Morgan fingerprint density at radius 1 is 1.28 bits per heavy atom. The van der Waals surface area contributed by atoms with Gasteiger partial charge >= 0.3 is 11.9 Å². The summed E-state index contributed by atoms with van der Waals surface area (Å²) in [5.74, 6) is -1.21. The van der Waals surface area contributed by atoms with Crippen molar-refractivity contribution in [3.05, 3.63) is 51.4 Å². The average Bonchev–Trinajstić information content (AvgIpc) is 2.65. The first kappa shape index (κ1) is 11.9. The Morgan fingerprint density at radius 3 is 2.83 bits per heavy atom. The van der Waals surface area contributed by atoms with Crippen molar-refractivity contribution in [1.82, 2.24) is 0 Å². The topological polar surface area (TPSA) is 92.1 Å². The summed E-state index contributed by atoms with van der Waals surface area (Å²) in [5, 5.41) is 3.39.